The van der Waals surface area contributed by atoms with Crippen molar-refractivity contribution in [3.8, 4) is 0 Å². The Balaban J connectivity index is 1.54. The highest BCUT2D eigenvalue weighted by Gasteiger charge is 2.74. The molecule has 4 heteroatoms. The minimum atomic E-state index is -0.792. The number of hydrogen-bond acceptors (Lipinski definition) is 4. The second kappa shape index (κ2) is 5.70. The van der Waals surface area contributed by atoms with Crippen molar-refractivity contribution in [1.29, 1.82) is 0 Å². The highest BCUT2D eigenvalue weighted by Crippen LogP contribution is 2.70. The Labute approximate surface area is 169 Å². The summed E-state index contributed by atoms with van der Waals surface area (Å²) in [4.78, 5) is 13.0. The van der Waals surface area contributed by atoms with Crippen molar-refractivity contribution in [3.63, 3.8) is 0 Å². The number of ether oxygens (including phenoxy) is 2. The van der Waals surface area contributed by atoms with E-state index in [2.05, 4.69) is 19.9 Å². The van der Waals surface area contributed by atoms with Crippen molar-refractivity contribution in [2.45, 2.75) is 103 Å². The molecule has 0 aromatic rings. The number of allylic oxidation sites excluding steroid dienone is 1. The number of carbonyl (C=O) groups excluding carboxylic acids is 1. The third kappa shape index (κ3) is 2.20. The van der Waals surface area contributed by atoms with E-state index in [4.69, 9.17) is 9.47 Å². The van der Waals surface area contributed by atoms with Gasteiger partial charge in [-0.05, 0) is 88.9 Å². The second-order valence-electron chi connectivity index (χ2n) is 11.2. The minimum Gasteiger partial charge on any atom is -0.393 e. The molecule has 0 bridgehead atoms. The summed E-state index contributed by atoms with van der Waals surface area (Å²) in [5.41, 5.74) is 0.754. The molecule has 1 N–H and O–H groups in total. The smallest absolute Gasteiger partial charge is 0.164 e. The van der Waals surface area contributed by atoms with Crippen molar-refractivity contribution in [1.82, 2.24) is 0 Å². The molecule has 1 heterocycles. The highest BCUT2D eigenvalue weighted by molar-refractivity contribution is 5.88. The molecular formula is C24H36O4. The van der Waals surface area contributed by atoms with Crippen molar-refractivity contribution >= 4 is 5.78 Å². The third-order valence-electron chi connectivity index (χ3n) is 9.59. The van der Waals surface area contributed by atoms with E-state index in [1.54, 1.807) is 6.92 Å². The summed E-state index contributed by atoms with van der Waals surface area (Å²) >= 11 is 0. The fourth-order valence-corrected chi connectivity index (χ4v) is 8.39. The monoisotopic (exact) mass is 388 g/mol. The predicted molar refractivity (Wildman–Crippen MR) is 107 cm³/mol. The summed E-state index contributed by atoms with van der Waals surface area (Å²) in [6.45, 7) is 10.4. The van der Waals surface area contributed by atoms with Gasteiger partial charge in [-0.1, -0.05) is 25.5 Å². The SMILES string of the molecule is CC(=O)[C@@]12OC(C)(C)O[C@@H]1C[C@@H]1[C@@H]3CC=C4C[C@@H](O)CC[C@]4(C)[C@H]3CC[C@@]12C. The molecule has 156 valence electrons. The highest BCUT2D eigenvalue weighted by atomic mass is 16.8. The van der Waals surface area contributed by atoms with E-state index in [0.717, 1.165) is 44.9 Å². The average molecular weight is 389 g/mol. The molecule has 0 radical (unpaired) electrons. The van der Waals surface area contributed by atoms with Crippen LogP contribution in [-0.4, -0.2) is 34.5 Å². The third-order valence-corrected chi connectivity index (χ3v) is 9.59. The van der Waals surface area contributed by atoms with E-state index in [-0.39, 0.29) is 28.8 Å². The van der Waals surface area contributed by atoms with Gasteiger partial charge in [-0.25, -0.2) is 0 Å². The Bertz CT molecular complexity index is 741. The van der Waals surface area contributed by atoms with Crippen LogP contribution in [0.25, 0.3) is 0 Å². The van der Waals surface area contributed by atoms with Gasteiger partial charge in [-0.2, -0.15) is 0 Å². The first-order valence-electron chi connectivity index (χ1n) is 11.3. The Morgan fingerprint density at radius 2 is 1.89 bits per heavy atom. The zero-order chi connectivity index (χ0) is 20.1. The van der Waals surface area contributed by atoms with Gasteiger partial charge in [0.15, 0.2) is 17.2 Å². The normalized spacial score (nSPS) is 54.2. The molecule has 0 unspecified atom stereocenters. The fourth-order valence-electron chi connectivity index (χ4n) is 8.39. The number of fused-ring (bicyclic) bond motifs is 7. The van der Waals surface area contributed by atoms with Crippen LogP contribution in [0.4, 0.5) is 0 Å². The topological polar surface area (TPSA) is 55.8 Å². The molecule has 0 amide bonds. The largest absolute Gasteiger partial charge is 0.393 e. The number of Topliss-reactive ketones (excluding diaryl/α,β-unsaturated/α-hetero) is 1. The van der Waals surface area contributed by atoms with Crippen LogP contribution in [0.15, 0.2) is 11.6 Å². The lowest BCUT2D eigenvalue weighted by Gasteiger charge is -2.59. The fraction of sp³-hybridized carbons (Fsp3) is 0.875. The first-order valence-corrected chi connectivity index (χ1v) is 11.3. The molecule has 1 aliphatic heterocycles. The predicted octanol–water partition coefficient (Wildman–Crippen LogP) is 4.40. The molecular weight excluding hydrogens is 352 g/mol. The molecule has 4 nitrogen and oxygen atoms in total. The molecule has 4 fully saturated rings. The minimum absolute atomic E-state index is 0.125. The van der Waals surface area contributed by atoms with Gasteiger partial charge in [0.05, 0.1) is 12.2 Å². The summed E-state index contributed by atoms with van der Waals surface area (Å²) in [7, 11) is 0. The Morgan fingerprint density at radius 1 is 1.14 bits per heavy atom. The number of hydrogen-bond donors (Lipinski definition) is 1. The maximum absolute atomic E-state index is 13.0. The zero-order valence-electron chi connectivity index (χ0n) is 18.1. The van der Waals surface area contributed by atoms with Crippen LogP contribution in [0.5, 0.6) is 0 Å². The Kier molecular flexibility index (Phi) is 3.93. The number of ketones is 1. The van der Waals surface area contributed by atoms with Gasteiger partial charge in [0.1, 0.15) is 0 Å². The molecule has 0 aromatic heterocycles. The molecule has 0 spiro atoms. The van der Waals surface area contributed by atoms with E-state index in [1.165, 1.54) is 5.57 Å². The molecule has 0 aromatic carbocycles. The van der Waals surface area contributed by atoms with Crippen LogP contribution in [0.3, 0.4) is 0 Å². The van der Waals surface area contributed by atoms with Gasteiger partial charge in [0.2, 0.25) is 0 Å². The van der Waals surface area contributed by atoms with Crippen LogP contribution < -0.4 is 0 Å². The number of carbonyl (C=O) groups is 1. The standard InChI is InChI=1S/C24H36O4/c1-14(25)24-20(27-21(2,3)28-24)13-19-17-7-6-15-12-16(26)8-10-22(15,4)18(17)9-11-23(19,24)5/h6,16-20,26H,7-13H2,1-5H3/t16-,17+,18-,19+,20+,22-,23-,24+/m0/s1. The van der Waals surface area contributed by atoms with Gasteiger partial charge < -0.3 is 14.6 Å². The quantitative estimate of drug-likeness (QED) is 0.677. The van der Waals surface area contributed by atoms with Gasteiger partial charge in [-0.15, -0.1) is 0 Å². The summed E-state index contributed by atoms with van der Waals surface area (Å²) in [6, 6.07) is 0. The van der Waals surface area contributed by atoms with Crippen LogP contribution in [-0.2, 0) is 14.3 Å². The molecule has 3 saturated carbocycles. The maximum atomic E-state index is 13.0. The second-order valence-corrected chi connectivity index (χ2v) is 11.2. The van der Waals surface area contributed by atoms with Crippen LogP contribution >= 0.6 is 0 Å². The first kappa shape index (κ1) is 19.3. The van der Waals surface area contributed by atoms with E-state index < -0.39 is 11.4 Å². The van der Waals surface area contributed by atoms with Crippen LogP contribution in [0.1, 0.15) is 79.6 Å². The van der Waals surface area contributed by atoms with Crippen LogP contribution in [0.2, 0.25) is 0 Å². The number of rotatable bonds is 1. The van der Waals surface area contributed by atoms with Gasteiger partial charge in [-0.3, -0.25) is 4.79 Å². The lowest BCUT2D eigenvalue weighted by Crippen LogP contribution is -2.59. The number of aliphatic hydroxyl groups excluding tert-OH is 1. The molecule has 5 rings (SSSR count). The molecule has 28 heavy (non-hydrogen) atoms. The van der Waals surface area contributed by atoms with E-state index in [0.29, 0.717) is 17.8 Å². The first-order chi connectivity index (χ1) is 13.0. The van der Waals surface area contributed by atoms with Crippen molar-refractivity contribution in [2.24, 2.45) is 28.6 Å². The lowest BCUT2D eigenvalue weighted by molar-refractivity contribution is -0.213. The van der Waals surface area contributed by atoms with Crippen LogP contribution in [0, 0.1) is 28.6 Å². The van der Waals surface area contributed by atoms with E-state index in [1.807, 2.05) is 13.8 Å². The Morgan fingerprint density at radius 3 is 2.61 bits per heavy atom. The van der Waals surface area contributed by atoms with Gasteiger partial charge >= 0.3 is 0 Å². The zero-order valence-corrected chi connectivity index (χ0v) is 18.1. The summed E-state index contributed by atoms with van der Waals surface area (Å²) in [5.74, 6) is 1.14. The van der Waals surface area contributed by atoms with Gasteiger partial charge in [0, 0.05) is 5.41 Å². The van der Waals surface area contributed by atoms with E-state index in [9.17, 15) is 9.90 Å². The summed E-state index contributed by atoms with van der Waals surface area (Å²) in [6.07, 6.45) is 9.19. The summed E-state index contributed by atoms with van der Waals surface area (Å²) in [5, 5.41) is 10.2. The molecule has 4 aliphatic carbocycles. The maximum Gasteiger partial charge on any atom is 0.164 e. The molecule has 5 aliphatic rings. The van der Waals surface area contributed by atoms with Crippen molar-refractivity contribution in [3.05, 3.63) is 11.6 Å². The lowest BCUT2D eigenvalue weighted by atomic mass is 9.46. The van der Waals surface area contributed by atoms with Crippen molar-refractivity contribution in [2.75, 3.05) is 0 Å². The Hall–Kier alpha value is -0.710. The van der Waals surface area contributed by atoms with E-state index >= 15 is 0 Å². The summed E-state index contributed by atoms with van der Waals surface area (Å²) < 4.78 is 12.8. The molecule has 1 saturated heterocycles. The molecule has 8 atom stereocenters. The van der Waals surface area contributed by atoms with Gasteiger partial charge in [0.25, 0.3) is 0 Å². The van der Waals surface area contributed by atoms with Crippen molar-refractivity contribution < 1.29 is 19.4 Å². The number of aliphatic hydroxyl groups is 1. The average Bonchev–Trinajstić information content (AvgIpc) is 3.02.